The maximum atomic E-state index is 12.2. The van der Waals surface area contributed by atoms with E-state index >= 15 is 0 Å². The number of rotatable bonds is 12. The average molecular weight is 366 g/mol. The van der Waals surface area contributed by atoms with Gasteiger partial charge in [0.05, 0.1) is 11.7 Å². The quantitative estimate of drug-likeness (QED) is 0.362. The number of carboxylic acid groups (broad SMARTS) is 1. The predicted molar refractivity (Wildman–Crippen MR) is 102 cm³/mol. The van der Waals surface area contributed by atoms with Gasteiger partial charge >= 0.3 is 5.97 Å². The molecule has 0 spiro atoms. The fourth-order valence-electron chi connectivity index (χ4n) is 3.40. The van der Waals surface area contributed by atoms with E-state index in [-0.39, 0.29) is 30.5 Å². The summed E-state index contributed by atoms with van der Waals surface area (Å²) in [6.07, 6.45) is 12.4. The Morgan fingerprint density at radius 1 is 1.27 bits per heavy atom. The van der Waals surface area contributed by atoms with Crippen molar-refractivity contribution in [2.75, 3.05) is 0 Å². The van der Waals surface area contributed by atoms with Crippen LogP contribution in [0.4, 0.5) is 0 Å². The first-order valence-electron chi connectivity index (χ1n) is 9.73. The SMILES string of the molecule is CCCCC(C)(O)C/C=C/[C@H]1[C@H](O)CC(=O)[C@@H]1C/C=C\CCCC(=O)O. The van der Waals surface area contributed by atoms with Gasteiger partial charge in [0.15, 0.2) is 0 Å². The maximum absolute atomic E-state index is 12.2. The van der Waals surface area contributed by atoms with Crippen LogP contribution in [-0.2, 0) is 9.59 Å². The summed E-state index contributed by atoms with van der Waals surface area (Å²) in [5.74, 6) is -1.18. The van der Waals surface area contributed by atoms with E-state index in [4.69, 9.17) is 5.11 Å². The second-order valence-corrected chi connectivity index (χ2v) is 7.65. The zero-order valence-electron chi connectivity index (χ0n) is 16.1. The van der Waals surface area contributed by atoms with Gasteiger partial charge in [0.1, 0.15) is 5.78 Å². The third-order valence-electron chi connectivity index (χ3n) is 5.04. The summed E-state index contributed by atoms with van der Waals surface area (Å²) in [6, 6.07) is 0. The number of aliphatic hydroxyl groups is 2. The summed E-state index contributed by atoms with van der Waals surface area (Å²) in [6.45, 7) is 3.91. The maximum Gasteiger partial charge on any atom is 0.303 e. The molecule has 1 rings (SSSR count). The first-order valence-corrected chi connectivity index (χ1v) is 9.73. The Balaban J connectivity index is 2.53. The molecule has 0 aromatic rings. The van der Waals surface area contributed by atoms with Crippen LogP contribution in [0.25, 0.3) is 0 Å². The van der Waals surface area contributed by atoms with Gasteiger partial charge < -0.3 is 15.3 Å². The van der Waals surface area contributed by atoms with E-state index in [1.807, 2.05) is 31.2 Å². The van der Waals surface area contributed by atoms with Crippen molar-refractivity contribution in [1.29, 1.82) is 0 Å². The Labute approximate surface area is 156 Å². The lowest BCUT2D eigenvalue weighted by Crippen LogP contribution is -2.23. The van der Waals surface area contributed by atoms with E-state index in [0.717, 1.165) is 19.3 Å². The molecule has 1 aliphatic carbocycles. The van der Waals surface area contributed by atoms with Crippen molar-refractivity contribution in [2.24, 2.45) is 11.8 Å². The normalized spacial score (nSPS) is 26.0. The molecule has 0 aliphatic heterocycles. The van der Waals surface area contributed by atoms with Crippen LogP contribution in [0.1, 0.15) is 71.6 Å². The van der Waals surface area contributed by atoms with Crippen molar-refractivity contribution in [1.82, 2.24) is 0 Å². The summed E-state index contributed by atoms with van der Waals surface area (Å²) < 4.78 is 0. The standard InChI is InChI=1S/C21H34O5/c1-3-4-13-21(2,26)14-9-11-17-16(18(22)15-19(17)23)10-7-5-6-8-12-20(24)25/h5,7,9,11,16-17,19,23,26H,3-4,6,8,10,12-15H2,1-2H3,(H,24,25)/b7-5-,11-9+/t16-,17-,19-,21?/m1/s1. The van der Waals surface area contributed by atoms with Gasteiger partial charge in [0.2, 0.25) is 0 Å². The average Bonchev–Trinajstić information content (AvgIpc) is 2.82. The minimum absolute atomic E-state index is 0.0695. The lowest BCUT2D eigenvalue weighted by Gasteiger charge is -2.22. The largest absolute Gasteiger partial charge is 0.481 e. The number of hydrogen-bond acceptors (Lipinski definition) is 4. The second-order valence-electron chi connectivity index (χ2n) is 7.65. The number of unbranched alkanes of at least 4 members (excludes halogenated alkanes) is 2. The third-order valence-corrected chi connectivity index (χ3v) is 5.04. The monoisotopic (exact) mass is 366 g/mol. The molecule has 0 heterocycles. The van der Waals surface area contributed by atoms with Crippen LogP contribution >= 0.6 is 0 Å². The van der Waals surface area contributed by atoms with Gasteiger partial charge in [-0.05, 0) is 39.0 Å². The van der Waals surface area contributed by atoms with Crippen molar-refractivity contribution >= 4 is 11.8 Å². The lowest BCUT2D eigenvalue weighted by atomic mass is 9.89. The molecule has 1 saturated carbocycles. The number of ketones is 1. The first-order chi connectivity index (χ1) is 12.3. The molecule has 4 atom stereocenters. The number of Topliss-reactive ketones (excluding diaryl/α,β-unsaturated/α-hetero) is 1. The van der Waals surface area contributed by atoms with Gasteiger partial charge in [-0.3, -0.25) is 9.59 Å². The van der Waals surface area contributed by atoms with E-state index < -0.39 is 17.7 Å². The van der Waals surface area contributed by atoms with Gasteiger partial charge in [-0.15, -0.1) is 0 Å². The van der Waals surface area contributed by atoms with Gasteiger partial charge in [0, 0.05) is 24.7 Å². The van der Waals surface area contributed by atoms with Crippen LogP contribution in [0.15, 0.2) is 24.3 Å². The summed E-state index contributed by atoms with van der Waals surface area (Å²) in [7, 11) is 0. The Bertz CT molecular complexity index is 507. The molecular weight excluding hydrogens is 332 g/mol. The molecule has 5 nitrogen and oxygen atoms in total. The topological polar surface area (TPSA) is 94.8 Å². The smallest absolute Gasteiger partial charge is 0.303 e. The number of carbonyl (C=O) groups is 2. The van der Waals surface area contributed by atoms with E-state index in [9.17, 15) is 19.8 Å². The number of aliphatic hydroxyl groups excluding tert-OH is 1. The second kappa shape index (κ2) is 11.3. The molecule has 3 N–H and O–H groups in total. The minimum atomic E-state index is -0.799. The summed E-state index contributed by atoms with van der Waals surface area (Å²) >= 11 is 0. The van der Waals surface area contributed by atoms with Gasteiger partial charge in [0.25, 0.3) is 0 Å². The van der Waals surface area contributed by atoms with Crippen molar-refractivity contribution in [3.8, 4) is 0 Å². The molecular formula is C21H34O5. The van der Waals surface area contributed by atoms with Gasteiger partial charge in [-0.2, -0.15) is 0 Å². The molecule has 1 fully saturated rings. The molecule has 148 valence electrons. The Hall–Kier alpha value is -1.46. The van der Waals surface area contributed by atoms with E-state index in [1.54, 1.807) is 0 Å². The number of carboxylic acids is 1. The van der Waals surface area contributed by atoms with Gasteiger partial charge in [-0.25, -0.2) is 0 Å². The van der Waals surface area contributed by atoms with Crippen LogP contribution in [0.5, 0.6) is 0 Å². The Kier molecular flexibility index (Phi) is 9.81. The molecule has 0 amide bonds. The molecule has 5 heteroatoms. The van der Waals surface area contributed by atoms with Crippen molar-refractivity contribution < 1.29 is 24.9 Å². The minimum Gasteiger partial charge on any atom is -0.481 e. The van der Waals surface area contributed by atoms with E-state index in [0.29, 0.717) is 25.7 Å². The molecule has 0 radical (unpaired) electrons. The Morgan fingerprint density at radius 3 is 2.65 bits per heavy atom. The van der Waals surface area contributed by atoms with Crippen LogP contribution in [0, 0.1) is 11.8 Å². The van der Waals surface area contributed by atoms with Crippen LogP contribution in [0.3, 0.4) is 0 Å². The summed E-state index contributed by atoms with van der Waals surface area (Å²) in [5, 5.41) is 29.1. The van der Waals surface area contributed by atoms with Crippen LogP contribution < -0.4 is 0 Å². The van der Waals surface area contributed by atoms with Crippen molar-refractivity contribution in [3.63, 3.8) is 0 Å². The molecule has 26 heavy (non-hydrogen) atoms. The highest BCUT2D eigenvalue weighted by Crippen LogP contribution is 2.33. The van der Waals surface area contributed by atoms with Crippen LogP contribution in [-0.4, -0.2) is 38.8 Å². The van der Waals surface area contributed by atoms with E-state index in [1.165, 1.54) is 0 Å². The van der Waals surface area contributed by atoms with Crippen molar-refractivity contribution in [2.45, 2.75) is 83.3 Å². The highest BCUT2D eigenvalue weighted by Gasteiger charge is 2.39. The molecule has 1 unspecified atom stereocenters. The molecule has 0 aromatic heterocycles. The van der Waals surface area contributed by atoms with Crippen molar-refractivity contribution in [3.05, 3.63) is 24.3 Å². The fraction of sp³-hybridized carbons (Fsp3) is 0.714. The highest BCUT2D eigenvalue weighted by atomic mass is 16.4. The zero-order chi connectivity index (χ0) is 19.6. The molecule has 0 bridgehead atoms. The highest BCUT2D eigenvalue weighted by molar-refractivity contribution is 5.84. The fourth-order valence-corrected chi connectivity index (χ4v) is 3.40. The Morgan fingerprint density at radius 2 is 2.00 bits per heavy atom. The van der Waals surface area contributed by atoms with E-state index in [2.05, 4.69) is 6.92 Å². The zero-order valence-corrected chi connectivity index (χ0v) is 16.1. The molecule has 0 aromatic carbocycles. The predicted octanol–water partition coefficient (Wildman–Crippen LogP) is 3.64. The summed E-state index contributed by atoms with van der Waals surface area (Å²) in [4.78, 5) is 22.6. The number of hydrogen-bond donors (Lipinski definition) is 3. The van der Waals surface area contributed by atoms with Gasteiger partial charge in [-0.1, -0.05) is 44.1 Å². The third kappa shape index (κ3) is 8.28. The number of allylic oxidation sites excluding steroid dienone is 2. The molecule has 0 saturated heterocycles. The number of aliphatic carboxylic acids is 1. The summed E-state index contributed by atoms with van der Waals surface area (Å²) in [5.41, 5.74) is -0.750. The first kappa shape index (κ1) is 22.6. The molecule has 1 aliphatic rings. The number of carbonyl (C=O) groups excluding carboxylic acids is 1. The lowest BCUT2D eigenvalue weighted by molar-refractivity contribution is -0.137. The van der Waals surface area contributed by atoms with Crippen LogP contribution in [0.2, 0.25) is 0 Å².